The van der Waals surface area contributed by atoms with Gasteiger partial charge in [0.2, 0.25) is 10.0 Å². The minimum Gasteiger partial charge on any atom is -0.451 e. The second-order valence-electron chi connectivity index (χ2n) is 5.77. The fraction of sp³-hybridized carbons (Fsp3) is 0.500. The van der Waals surface area contributed by atoms with Crippen LogP contribution in [0.1, 0.15) is 25.0 Å². The van der Waals surface area contributed by atoms with Gasteiger partial charge in [0.1, 0.15) is 6.04 Å². The Kier molecular flexibility index (Phi) is 5.61. The normalized spacial score (nSPS) is 19.2. The lowest BCUT2D eigenvalue weighted by atomic mass is 9.96. The third-order valence-corrected chi connectivity index (χ3v) is 5.15. The Morgan fingerprint density at radius 3 is 2.54 bits per heavy atom. The number of nitrogens with one attached hydrogen (secondary N) is 1. The zero-order valence-electron chi connectivity index (χ0n) is 14.0. The zero-order chi connectivity index (χ0) is 17.9. The Hall–Kier alpha value is -1.93. The molecule has 0 aromatic heterocycles. The third kappa shape index (κ3) is 4.12. The van der Waals surface area contributed by atoms with Crippen molar-refractivity contribution in [2.75, 3.05) is 12.8 Å². The average Bonchev–Trinajstić information content (AvgIpc) is 2.52. The molecular formula is C16H22N2O5S. The number of sulfonamides is 1. The van der Waals surface area contributed by atoms with E-state index in [9.17, 15) is 18.0 Å². The number of fused-ring (bicyclic) bond motifs is 1. The Labute approximate surface area is 142 Å². The summed E-state index contributed by atoms with van der Waals surface area (Å²) in [5, 5.41) is 2.56. The van der Waals surface area contributed by atoms with Crippen LogP contribution >= 0.6 is 0 Å². The Balaban J connectivity index is 2.22. The van der Waals surface area contributed by atoms with Gasteiger partial charge in [0.25, 0.3) is 5.91 Å². The van der Waals surface area contributed by atoms with Crippen molar-refractivity contribution in [1.29, 1.82) is 0 Å². The van der Waals surface area contributed by atoms with Crippen LogP contribution in [0.5, 0.6) is 0 Å². The number of benzene rings is 1. The van der Waals surface area contributed by atoms with E-state index in [2.05, 4.69) is 5.32 Å². The SMILES string of the molecule is CCNC(=O)[C@H](C)OC(=O)[C@@H]1Cc2ccccc2CN1S(C)(=O)=O. The molecule has 0 aliphatic carbocycles. The topological polar surface area (TPSA) is 92.8 Å². The molecule has 0 bridgehead atoms. The predicted octanol–water partition coefficient (Wildman–Crippen LogP) is 0.441. The quantitative estimate of drug-likeness (QED) is 0.775. The second kappa shape index (κ2) is 7.31. The molecule has 1 heterocycles. The van der Waals surface area contributed by atoms with Gasteiger partial charge in [-0.15, -0.1) is 0 Å². The summed E-state index contributed by atoms with van der Waals surface area (Å²) in [5.41, 5.74) is 1.77. The molecule has 8 heteroatoms. The lowest BCUT2D eigenvalue weighted by Gasteiger charge is -2.33. The van der Waals surface area contributed by atoms with Gasteiger partial charge in [-0.25, -0.2) is 8.42 Å². The highest BCUT2D eigenvalue weighted by Gasteiger charge is 2.38. The van der Waals surface area contributed by atoms with E-state index in [0.717, 1.165) is 21.7 Å². The second-order valence-corrected chi connectivity index (χ2v) is 7.71. The molecule has 0 spiro atoms. The van der Waals surface area contributed by atoms with Crippen molar-refractivity contribution in [2.45, 2.75) is 39.0 Å². The van der Waals surface area contributed by atoms with Crippen LogP contribution in [0, 0.1) is 0 Å². The number of esters is 1. The summed E-state index contributed by atoms with van der Waals surface area (Å²) in [4.78, 5) is 24.2. The third-order valence-electron chi connectivity index (χ3n) is 3.92. The van der Waals surface area contributed by atoms with Gasteiger partial charge in [0.15, 0.2) is 6.10 Å². The number of hydrogen-bond acceptors (Lipinski definition) is 5. The van der Waals surface area contributed by atoms with E-state index in [4.69, 9.17) is 4.74 Å². The number of rotatable bonds is 5. The van der Waals surface area contributed by atoms with Crippen molar-refractivity contribution in [3.63, 3.8) is 0 Å². The standard InChI is InChI=1S/C16H22N2O5S/c1-4-17-15(19)11(2)23-16(20)14-9-12-7-5-6-8-13(12)10-18(14)24(3,21)22/h5-8,11,14H,4,9-10H2,1-3H3,(H,17,19)/t11-,14-/m0/s1. The first-order valence-electron chi connectivity index (χ1n) is 7.75. The lowest BCUT2D eigenvalue weighted by Crippen LogP contribution is -2.50. The van der Waals surface area contributed by atoms with Gasteiger partial charge in [-0.2, -0.15) is 4.31 Å². The molecule has 24 heavy (non-hydrogen) atoms. The van der Waals surface area contributed by atoms with Gasteiger partial charge in [0, 0.05) is 19.5 Å². The number of likely N-dealkylation sites (N-methyl/N-ethyl adjacent to an activating group) is 1. The molecule has 1 aromatic rings. The summed E-state index contributed by atoms with van der Waals surface area (Å²) in [6.45, 7) is 3.76. The lowest BCUT2D eigenvalue weighted by molar-refractivity contribution is -0.158. The Bertz CT molecular complexity index is 732. The first-order chi connectivity index (χ1) is 11.2. The molecular weight excluding hydrogens is 332 g/mol. The van der Waals surface area contributed by atoms with Gasteiger partial charge in [-0.1, -0.05) is 24.3 Å². The van der Waals surface area contributed by atoms with Crippen molar-refractivity contribution in [2.24, 2.45) is 0 Å². The average molecular weight is 354 g/mol. The zero-order valence-corrected chi connectivity index (χ0v) is 14.8. The number of hydrogen-bond donors (Lipinski definition) is 1. The van der Waals surface area contributed by atoms with E-state index in [1.807, 2.05) is 24.3 Å². The summed E-state index contributed by atoms with van der Waals surface area (Å²) in [6.07, 6.45) is 0.314. The van der Waals surface area contributed by atoms with Crippen molar-refractivity contribution >= 4 is 21.9 Å². The van der Waals surface area contributed by atoms with Crippen molar-refractivity contribution in [1.82, 2.24) is 9.62 Å². The van der Waals surface area contributed by atoms with Crippen LogP contribution in [0.4, 0.5) is 0 Å². The highest BCUT2D eigenvalue weighted by Crippen LogP contribution is 2.26. The van der Waals surface area contributed by atoms with Crippen LogP contribution in [0.2, 0.25) is 0 Å². The van der Waals surface area contributed by atoms with E-state index >= 15 is 0 Å². The van der Waals surface area contributed by atoms with Crippen molar-refractivity contribution < 1.29 is 22.7 Å². The number of nitrogens with zero attached hydrogens (tertiary/aromatic N) is 1. The maximum Gasteiger partial charge on any atom is 0.325 e. The maximum absolute atomic E-state index is 12.5. The van der Waals surface area contributed by atoms with Crippen LogP contribution in [0.25, 0.3) is 0 Å². The van der Waals surface area contributed by atoms with Crippen LogP contribution in [0.3, 0.4) is 0 Å². The largest absolute Gasteiger partial charge is 0.451 e. The monoisotopic (exact) mass is 354 g/mol. The summed E-state index contributed by atoms with van der Waals surface area (Å²) < 4.78 is 30.5. The molecule has 1 aliphatic rings. The van der Waals surface area contributed by atoms with Crippen molar-refractivity contribution in [3.8, 4) is 0 Å². The number of ether oxygens (including phenoxy) is 1. The number of carbonyl (C=O) groups excluding carboxylic acids is 2. The van der Waals surface area contributed by atoms with E-state index < -0.39 is 34.0 Å². The molecule has 1 aliphatic heterocycles. The molecule has 1 N–H and O–H groups in total. The molecule has 0 radical (unpaired) electrons. The summed E-state index contributed by atoms with van der Waals surface area (Å²) in [6, 6.07) is 6.41. The number of carbonyl (C=O) groups is 2. The van der Waals surface area contributed by atoms with Gasteiger partial charge >= 0.3 is 5.97 Å². The van der Waals surface area contributed by atoms with E-state index in [1.54, 1.807) is 6.92 Å². The smallest absolute Gasteiger partial charge is 0.325 e. The summed E-state index contributed by atoms with van der Waals surface area (Å²) in [7, 11) is -3.60. The van der Waals surface area contributed by atoms with Crippen molar-refractivity contribution in [3.05, 3.63) is 35.4 Å². The highest BCUT2D eigenvalue weighted by molar-refractivity contribution is 7.88. The Morgan fingerprint density at radius 2 is 1.96 bits per heavy atom. The molecule has 0 saturated heterocycles. The first kappa shape index (κ1) is 18.4. The van der Waals surface area contributed by atoms with E-state index in [-0.39, 0.29) is 13.0 Å². The molecule has 7 nitrogen and oxygen atoms in total. The van der Waals surface area contributed by atoms with E-state index in [0.29, 0.717) is 6.54 Å². The van der Waals surface area contributed by atoms with Crippen LogP contribution in [-0.2, 0) is 37.3 Å². The minimum absolute atomic E-state index is 0.115. The Morgan fingerprint density at radius 1 is 1.33 bits per heavy atom. The first-order valence-corrected chi connectivity index (χ1v) is 9.60. The molecule has 2 rings (SSSR count). The summed E-state index contributed by atoms with van der Waals surface area (Å²) >= 11 is 0. The fourth-order valence-electron chi connectivity index (χ4n) is 2.67. The maximum atomic E-state index is 12.5. The van der Waals surface area contributed by atoms with Gasteiger partial charge in [-0.05, 0) is 25.0 Å². The molecule has 0 unspecified atom stereocenters. The van der Waals surface area contributed by atoms with Crippen LogP contribution in [-0.4, -0.2) is 49.5 Å². The molecule has 0 fully saturated rings. The molecule has 1 amide bonds. The van der Waals surface area contributed by atoms with Gasteiger partial charge < -0.3 is 10.1 Å². The van der Waals surface area contributed by atoms with Gasteiger partial charge in [0.05, 0.1) is 6.26 Å². The minimum atomic E-state index is -3.60. The molecule has 132 valence electrons. The van der Waals surface area contributed by atoms with Gasteiger partial charge in [-0.3, -0.25) is 9.59 Å². The molecule has 2 atom stereocenters. The van der Waals surface area contributed by atoms with Crippen LogP contribution in [0.15, 0.2) is 24.3 Å². The fourth-order valence-corrected chi connectivity index (χ4v) is 3.67. The highest BCUT2D eigenvalue weighted by atomic mass is 32.2. The predicted molar refractivity (Wildman–Crippen MR) is 88.6 cm³/mol. The molecule has 0 saturated carbocycles. The number of amides is 1. The van der Waals surface area contributed by atoms with Crippen LogP contribution < -0.4 is 5.32 Å². The van der Waals surface area contributed by atoms with E-state index in [1.165, 1.54) is 6.92 Å². The summed E-state index contributed by atoms with van der Waals surface area (Å²) in [5.74, 6) is -1.12. The molecule has 1 aromatic carbocycles.